The van der Waals surface area contributed by atoms with Crippen LogP contribution in [0.25, 0.3) is 0 Å². The summed E-state index contributed by atoms with van der Waals surface area (Å²) in [5.74, 6) is 2.03. The lowest BCUT2D eigenvalue weighted by Crippen LogP contribution is -2.34. The van der Waals surface area contributed by atoms with E-state index in [9.17, 15) is 0 Å². The quantitative estimate of drug-likeness (QED) is 0.510. The molecule has 0 aromatic rings. The molecule has 0 aromatic carbocycles. The number of hydrogen-bond donors (Lipinski definition) is 2. The summed E-state index contributed by atoms with van der Waals surface area (Å²) >= 11 is 0. The highest BCUT2D eigenvalue weighted by Gasteiger charge is 2.35. The van der Waals surface area contributed by atoms with Crippen LogP contribution in [0.2, 0.25) is 0 Å². The largest absolute Gasteiger partial charge is 0.370 e. The molecule has 76 valence electrons. The van der Waals surface area contributed by atoms with Crippen molar-refractivity contribution in [2.45, 2.75) is 39.7 Å². The van der Waals surface area contributed by atoms with Gasteiger partial charge >= 0.3 is 0 Å². The van der Waals surface area contributed by atoms with Crippen LogP contribution in [-0.4, -0.2) is 18.5 Å². The normalized spacial score (nSPS) is 27.8. The molecule has 0 amide bonds. The van der Waals surface area contributed by atoms with Gasteiger partial charge in [0.2, 0.25) is 0 Å². The van der Waals surface area contributed by atoms with Crippen LogP contribution < -0.4 is 11.1 Å². The first-order chi connectivity index (χ1) is 6.13. The van der Waals surface area contributed by atoms with Crippen molar-refractivity contribution in [2.75, 3.05) is 6.54 Å². The van der Waals surface area contributed by atoms with Gasteiger partial charge < -0.3 is 11.1 Å². The van der Waals surface area contributed by atoms with Crippen LogP contribution in [0.15, 0.2) is 4.99 Å². The van der Waals surface area contributed by atoms with Gasteiger partial charge in [0, 0.05) is 12.6 Å². The van der Waals surface area contributed by atoms with Crippen LogP contribution in [0, 0.1) is 11.8 Å². The molecule has 0 saturated heterocycles. The first-order valence-corrected chi connectivity index (χ1v) is 5.20. The Kier molecular flexibility index (Phi) is 3.58. The number of nitrogens with two attached hydrogens (primary N) is 1. The van der Waals surface area contributed by atoms with Crippen molar-refractivity contribution >= 4 is 5.96 Å². The molecule has 0 heterocycles. The Labute approximate surface area is 80.8 Å². The molecule has 3 N–H and O–H groups in total. The minimum Gasteiger partial charge on any atom is -0.370 e. The summed E-state index contributed by atoms with van der Waals surface area (Å²) in [6.45, 7) is 7.32. The van der Waals surface area contributed by atoms with Gasteiger partial charge in [0.05, 0.1) is 0 Å². The maximum atomic E-state index is 5.72. The molecule has 0 radical (unpaired) electrons. The number of rotatable bonds is 4. The van der Waals surface area contributed by atoms with E-state index in [4.69, 9.17) is 5.73 Å². The molecule has 0 bridgehead atoms. The molecule has 0 spiro atoms. The highest BCUT2D eigenvalue weighted by atomic mass is 15.1. The minimum absolute atomic E-state index is 0.585. The van der Waals surface area contributed by atoms with Crippen molar-refractivity contribution < 1.29 is 0 Å². The lowest BCUT2D eigenvalue weighted by Gasteiger charge is -2.05. The third-order valence-corrected chi connectivity index (χ3v) is 2.41. The molecule has 1 rings (SSSR count). The Hall–Kier alpha value is -0.730. The van der Waals surface area contributed by atoms with E-state index in [1.165, 1.54) is 12.8 Å². The Morgan fingerprint density at radius 1 is 1.62 bits per heavy atom. The number of aliphatic imine (C=N–C) groups is 1. The highest BCUT2D eigenvalue weighted by molar-refractivity contribution is 5.78. The molecule has 0 aromatic heterocycles. The van der Waals surface area contributed by atoms with E-state index in [-0.39, 0.29) is 0 Å². The monoisotopic (exact) mass is 183 g/mol. The first kappa shape index (κ1) is 10.4. The topological polar surface area (TPSA) is 50.4 Å². The Morgan fingerprint density at radius 3 is 2.77 bits per heavy atom. The predicted molar refractivity (Wildman–Crippen MR) is 56.6 cm³/mol. The van der Waals surface area contributed by atoms with Crippen LogP contribution in [0.5, 0.6) is 0 Å². The molecule has 1 fully saturated rings. The molecule has 1 aliphatic carbocycles. The van der Waals surface area contributed by atoms with Gasteiger partial charge in [-0.3, -0.25) is 4.99 Å². The van der Waals surface area contributed by atoms with Crippen molar-refractivity contribution in [2.24, 2.45) is 22.6 Å². The third kappa shape index (κ3) is 3.66. The molecular formula is C10H21N3. The molecule has 2 unspecified atom stereocenters. The van der Waals surface area contributed by atoms with Gasteiger partial charge in [0.15, 0.2) is 5.96 Å². The van der Waals surface area contributed by atoms with E-state index in [0.717, 1.165) is 12.5 Å². The summed E-state index contributed by atoms with van der Waals surface area (Å²) in [4.78, 5) is 4.26. The van der Waals surface area contributed by atoms with Crippen LogP contribution in [0.3, 0.4) is 0 Å². The molecule has 1 saturated carbocycles. The molecule has 0 aliphatic heterocycles. The molecule has 13 heavy (non-hydrogen) atoms. The van der Waals surface area contributed by atoms with Crippen LogP contribution in [0.1, 0.15) is 33.6 Å². The predicted octanol–water partition coefficient (Wildman–Crippen LogP) is 1.35. The SMILES string of the molecule is CCC1CC1NC(N)=NCC(C)C. The van der Waals surface area contributed by atoms with Gasteiger partial charge in [0.1, 0.15) is 0 Å². The summed E-state index contributed by atoms with van der Waals surface area (Å²) < 4.78 is 0. The lowest BCUT2D eigenvalue weighted by atomic mass is 10.2. The standard InChI is InChI=1S/C10H21N3/c1-4-8-5-9(8)13-10(11)12-6-7(2)3/h7-9H,4-6H2,1-3H3,(H3,11,12,13). The van der Waals surface area contributed by atoms with E-state index in [1.54, 1.807) is 0 Å². The second kappa shape index (κ2) is 4.49. The first-order valence-electron chi connectivity index (χ1n) is 5.20. The summed E-state index contributed by atoms with van der Waals surface area (Å²) in [5, 5.41) is 3.24. The van der Waals surface area contributed by atoms with E-state index in [0.29, 0.717) is 17.9 Å². The second-order valence-corrected chi connectivity index (χ2v) is 4.27. The van der Waals surface area contributed by atoms with Crippen molar-refractivity contribution in [3.8, 4) is 0 Å². The summed E-state index contributed by atoms with van der Waals surface area (Å²) in [6.07, 6.45) is 2.50. The van der Waals surface area contributed by atoms with Crippen LogP contribution >= 0.6 is 0 Å². The van der Waals surface area contributed by atoms with Gasteiger partial charge in [-0.1, -0.05) is 27.2 Å². The molecule has 1 aliphatic rings. The fourth-order valence-corrected chi connectivity index (χ4v) is 1.39. The summed E-state index contributed by atoms with van der Waals surface area (Å²) in [7, 11) is 0. The number of guanidine groups is 1. The van der Waals surface area contributed by atoms with Crippen LogP contribution in [0.4, 0.5) is 0 Å². The zero-order chi connectivity index (χ0) is 9.84. The summed E-state index contributed by atoms with van der Waals surface area (Å²) in [5.41, 5.74) is 5.72. The number of hydrogen-bond acceptors (Lipinski definition) is 1. The highest BCUT2D eigenvalue weighted by Crippen LogP contribution is 2.32. The van der Waals surface area contributed by atoms with Crippen molar-refractivity contribution in [3.63, 3.8) is 0 Å². The van der Waals surface area contributed by atoms with E-state index in [1.807, 2.05) is 0 Å². The van der Waals surface area contributed by atoms with Gasteiger partial charge in [-0.25, -0.2) is 0 Å². The number of nitrogens with one attached hydrogen (secondary N) is 1. The molecular weight excluding hydrogens is 162 g/mol. The smallest absolute Gasteiger partial charge is 0.188 e. The van der Waals surface area contributed by atoms with Gasteiger partial charge in [-0.05, 0) is 18.3 Å². The zero-order valence-electron chi connectivity index (χ0n) is 8.88. The second-order valence-electron chi connectivity index (χ2n) is 4.27. The van der Waals surface area contributed by atoms with Crippen molar-refractivity contribution in [1.29, 1.82) is 0 Å². The molecule has 3 nitrogen and oxygen atoms in total. The lowest BCUT2D eigenvalue weighted by molar-refractivity contribution is 0.657. The Bertz CT molecular complexity index is 187. The van der Waals surface area contributed by atoms with Gasteiger partial charge in [-0.15, -0.1) is 0 Å². The van der Waals surface area contributed by atoms with Crippen molar-refractivity contribution in [1.82, 2.24) is 5.32 Å². The average Bonchev–Trinajstić information content (AvgIpc) is 2.80. The fourth-order valence-electron chi connectivity index (χ4n) is 1.39. The minimum atomic E-state index is 0.585. The Morgan fingerprint density at radius 2 is 2.31 bits per heavy atom. The van der Waals surface area contributed by atoms with Gasteiger partial charge in [-0.2, -0.15) is 0 Å². The van der Waals surface area contributed by atoms with E-state index < -0.39 is 0 Å². The fraction of sp³-hybridized carbons (Fsp3) is 0.900. The maximum Gasteiger partial charge on any atom is 0.188 e. The Balaban J connectivity index is 2.18. The van der Waals surface area contributed by atoms with E-state index >= 15 is 0 Å². The molecule has 2 atom stereocenters. The molecule has 3 heteroatoms. The summed E-state index contributed by atoms with van der Waals surface area (Å²) in [6, 6.07) is 0.598. The van der Waals surface area contributed by atoms with Crippen LogP contribution in [-0.2, 0) is 0 Å². The number of nitrogens with zero attached hydrogens (tertiary/aromatic N) is 1. The van der Waals surface area contributed by atoms with Gasteiger partial charge in [0.25, 0.3) is 0 Å². The van der Waals surface area contributed by atoms with E-state index in [2.05, 4.69) is 31.1 Å². The van der Waals surface area contributed by atoms with Crippen molar-refractivity contribution in [3.05, 3.63) is 0 Å². The zero-order valence-corrected chi connectivity index (χ0v) is 8.88. The maximum absolute atomic E-state index is 5.72. The average molecular weight is 183 g/mol. The third-order valence-electron chi connectivity index (χ3n) is 2.41.